The molecule has 3 nitrogen and oxygen atoms in total. The first-order valence-electron chi connectivity index (χ1n) is 20.5. The molecule has 0 atom stereocenters. The van der Waals surface area contributed by atoms with Crippen LogP contribution >= 0.6 is 0 Å². The summed E-state index contributed by atoms with van der Waals surface area (Å²) in [5, 5.41) is 4.97. The Morgan fingerprint density at radius 2 is 0.695 bits per heavy atom. The van der Waals surface area contributed by atoms with Crippen LogP contribution in [0.25, 0.3) is 77.2 Å². The van der Waals surface area contributed by atoms with E-state index in [1.807, 2.05) is 13.8 Å². The predicted molar refractivity (Wildman–Crippen MR) is 252 cm³/mol. The van der Waals surface area contributed by atoms with Gasteiger partial charge in [0.2, 0.25) is 0 Å². The molecule has 0 aliphatic heterocycles. The van der Waals surface area contributed by atoms with Gasteiger partial charge in [0.25, 0.3) is 0 Å². The number of benzene rings is 9. The van der Waals surface area contributed by atoms with Crippen LogP contribution in [-0.4, -0.2) is 9.13 Å². The summed E-state index contributed by atoms with van der Waals surface area (Å²) in [5.41, 5.74) is 15.2. The molecular weight excluding hydrogens is 715 g/mol. The zero-order valence-electron chi connectivity index (χ0n) is 33.2. The van der Waals surface area contributed by atoms with Gasteiger partial charge in [-0.2, -0.15) is 0 Å². The lowest BCUT2D eigenvalue weighted by Gasteiger charge is -2.26. The lowest BCUT2D eigenvalue weighted by Crippen LogP contribution is -2.10. The van der Waals surface area contributed by atoms with Gasteiger partial charge in [-0.05, 0) is 101 Å². The Balaban J connectivity index is 0.00000207. The van der Waals surface area contributed by atoms with Gasteiger partial charge in [-0.1, -0.05) is 159 Å². The third-order valence-corrected chi connectivity index (χ3v) is 11.3. The number of hydrogen-bond donors (Lipinski definition) is 0. The molecule has 282 valence electrons. The van der Waals surface area contributed by atoms with Crippen molar-refractivity contribution in [1.82, 2.24) is 9.13 Å². The summed E-state index contributed by atoms with van der Waals surface area (Å²) in [6.07, 6.45) is 0. The van der Waals surface area contributed by atoms with E-state index in [1.165, 1.54) is 65.9 Å². The molecule has 0 bridgehead atoms. The average Bonchev–Trinajstić information content (AvgIpc) is 3.84. The van der Waals surface area contributed by atoms with Crippen LogP contribution < -0.4 is 4.90 Å². The molecule has 2 aromatic heterocycles. The number of nitrogens with zero attached hydrogens (tertiary/aromatic N) is 3. The van der Waals surface area contributed by atoms with Gasteiger partial charge in [0.15, 0.2) is 0 Å². The first kappa shape index (κ1) is 35.8. The Bertz CT molecular complexity index is 3180. The second-order valence-electron chi connectivity index (χ2n) is 14.6. The number of para-hydroxylation sites is 3. The molecule has 0 radical (unpaired) electrons. The maximum Gasteiger partial charge on any atom is 0.0641 e. The number of fused-ring (bicyclic) bond motifs is 7. The van der Waals surface area contributed by atoms with E-state index in [0.717, 1.165) is 28.4 Å². The molecule has 3 heteroatoms. The standard InChI is InChI=1S/C54H37N3.C2H6/c1-4-14-38(15-5-1)40-24-28-43(29-25-40)55(42-18-8-3-9-19-42)44-32-34-46(35-33-44)57-50-22-12-10-20-47(50)48-36-37-52-53(54(48)57)49-21-11-13-23-51(49)56(52)45-30-26-41(27-31-45)39-16-6-2-7-17-39;1-2/h1-37H;1-2H3. The van der Waals surface area contributed by atoms with Gasteiger partial charge in [-0.15, -0.1) is 0 Å². The van der Waals surface area contributed by atoms with Crippen molar-refractivity contribution in [3.63, 3.8) is 0 Å². The first-order chi connectivity index (χ1) is 29.3. The van der Waals surface area contributed by atoms with Crippen molar-refractivity contribution in [2.75, 3.05) is 4.90 Å². The van der Waals surface area contributed by atoms with Crippen LogP contribution in [0.5, 0.6) is 0 Å². The van der Waals surface area contributed by atoms with Gasteiger partial charge >= 0.3 is 0 Å². The van der Waals surface area contributed by atoms with E-state index >= 15 is 0 Å². The Hall–Kier alpha value is -7.62. The zero-order valence-corrected chi connectivity index (χ0v) is 33.2. The lowest BCUT2D eigenvalue weighted by atomic mass is 10.0. The van der Waals surface area contributed by atoms with E-state index in [1.54, 1.807) is 0 Å². The van der Waals surface area contributed by atoms with Crippen LogP contribution in [0.15, 0.2) is 224 Å². The molecule has 0 saturated heterocycles. The van der Waals surface area contributed by atoms with Crippen LogP contribution in [0, 0.1) is 0 Å². The zero-order chi connectivity index (χ0) is 39.7. The average molecular weight is 758 g/mol. The van der Waals surface area contributed by atoms with E-state index in [9.17, 15) is 0 Å². The van der Waals surface area contributed by atoms with Crippen LogP contribution in [-0.2, 0) is 0 Å². The molecule has 0 fully saturated rings. The number of hydrogen-bond acceptors (Lipinski definition) is 1. The SMILES string of the molecule is CC.c1ccc(-c2ccc(N(c3ccccc3)c3ccc(-n4c5ccccc5c5ccc6c(c7ccccc7n6-c6ccc(-c7ccccc7)cc6)c54)cc3)cc2)cc1. The van der Waals surface area contributed by atoms with Crippen molar-refractivity contribution in [3.05, 3.63) is 224 Å². The highest BCUT2D eigenvalue weighted by Gasteiger charge is 2.21. The first-order valence-corrected chi connectivity index (χ1v) is 20.5. The molecule has 59 heavy (non-hydrogen) atoms. The summed E-state index contributed by atoms with van der Waals surface area (Å²) in [5.74, 6) is 0. The Morgan fingerprint density at radius 1 is 0.288 bits per heavy atom. The van der Waals surface area contributed by atoms with Crippen molar-refractivity contribution >= 4 is 60.7 Å². The minimum Gasteiger partial charge on any atom is -0.311 e. The fraction of sp³-hybridized carbons (Fsp3) is 0.0357. The van der Waals surface area contributed by atoms with Gasteiger partial charge in [-0.3, -0.25) is 0 Å². The maximum absolute atomic E-state index is 2.47. The molecule has 9 aromatic carbocycles. The number of anilines is 3. The Labute approximate surface area is 345 Å². The van der Waals surface area contributed by atoms with E-state index in [4.69, 9.17) is 0 Å². The normalized spacial score (nSPS) is 11.2. The fourth-order valence-electron chi connectivity index (χ4n) is 8.70. The predicted octanol–water partition coefficient (Wildman–Crippen LogP) is 15.7. The molecule has 0 amide bonds. The largest absolute Gasteiger partial charge is 0.311 e. The molecule has 11 rings (SSSR count). The Kier molecular flexibility index (Phi) is 9.32. The Morgan fingerprint density at radius 3 is 1.29 bits per heavy atom. The third kappa shape index (κ3) is 6.25. The van der Waals surface area contributed by atoms with E-state index in [-0.39, 0.29) is 0 Å². The van der Waals surface area contributed by atoms with Gasteiger partial charge in [-0.25, -0.2) is 0 Å². The fourth-order valence-corrected chi connectivity index (χ4v) is 8.70. The maximum atomic E-state index is 2.47. The van der Waals surface area contributed by atoms with Crippen molar-refractivity contribution in [2.24, 2.45) is 0 Å². The summed E-state index contributed by atoms with van der Waals surface area (Å²) < 4.78 is 4.89. The van der Waals surface area contributed by atoms with Crippen molar-refractivity contribution < 1.29 is 0 Å². The van der Waals surface area contributed by atoms with E-state index in [0.29, 0.717) is 0 Å². The minimum absolute atomic E-state index is 1.10. The van der Waals surface area contributed by atoms with Crippen LogP contribution in [0.1, 0.15) is 13.8 Å². The lowest BCUT2D eigenvalue weighted by molar-refractivity contribution is 1.17. The third-order valence-electron chi connectivity index (χ3n) is 11.3. The van der Waals surface area contributed by atoms with Gasteiger partial charge < -0.3 is 14.0 Å². The topological polar surface area (TPSA) is 13.1 Å². The quantitative estimate of drug-likeness (QED) is 0.158. The summed E-state index contributed by atoms with van der Waals surface area (Å²) in [6.45, 7) is 4.00. The van der Waals surface area contributed by atoms with Gasteiger partial charge in [0, 0.05) is 50.0 Å². The monoisotopic (exact) mass is 757 g/mol. The van der Waals surface area contributed by atoms with Gasteiger partial charge in [0.05, 0.1) is 22.1 Å². The van der Waals surface area contributed by atoms with E-state index in [2.05, 4.69) is 238 Å². The second-order valence-corrected chi connectivity index (χ2v) is 14.6. The molecule has 0 spiro atoms. The van der Waals surface area contributed by atoms with Crippen molar-refractivity contribution in [1.29, 1.82) is 0 Å². The molecule has 11 aromatic rings. The summed E-state index contributed by atoms with van der Waals surface area (Å²) in [6, 6.07) is 80.9. The smallest absolute Gasteiger partial charge is 0.0641 e. The highest BCUT2D eigenvalue weighted by molar-refractivity contribution is 6.26. The number of rotatable bonds is 7. The van der Waals surface area contributed by atoms with Crippen LogP contribution in [0.2, 0.25) is 0 Å². The van der Waals surface area contributed by atoms with E-state index < -0.39 is 0 Å². The summed E-state index contributed by atoms with van der Waals surface area (Å²) in [7, 11) is 0. The highest BCUT2D eigenvalue weighted by Crippen LogP contribution is 2.43. The summed E-state index contributed by atoms with van der Waals surface area (Å²) >= 11 is 0. The molecule has 0 aliphatic carbocycles. The second kappa shape index (κ2) is 15.4. The highest BCUT2D eigenvalue weighted by atomic mass is 15.1. The van der Waals surface area contributed by atoms with Crippen LogP contribution in [0.4, 0.5) is 17.1 Å². The molecular formula is C56H43N3. The van der Waals surface area contributed by atoms with Crippen molar-refractivity contribution in [3.8, 4) is 33.6 Å². The van der Waals surface area contributed by atoms with Gasteiger partial charge in [0.1, 0.15) is 0 Å². The summed E-state index contributed by atoms with van der Waals surface area (Å²) in [4.78, 5) is 2.33. The molecule has 2 heterocycles. The van der Waals surface area contributed by atoms with Crippen molar-refractivity contribution in [2.45, 2.75) is 13.8 Å². The minimum atomic E-state index is 1.10. The molecule has 0 N–H and O–H groups in total. The van der Waals surface area contributed by atoms with Crippen LogP contribution in [0.3, 0.4) is 0 Å². The molecule has 0 saturated carbocycles. The number of aromatic nitrogens is 2. The molecule has 0 unspecified atom stereocenters. The molecule has 0 aliphatic rings.